The Balaban J connectivity index is 2.00. The Morgan fingerprint density at radius 2 is 2.12 bits per heavy atom. The summed E-state index contributed by atoms with van der Waals surface area (Å²) < 4.78 is 14.2. The van der Waals surface area contributed by atoms with Gasteiger partial charge in [0.15, 0.2) is 4.80 Å². The van der Waals surface area contributed by atoms with Crippen molar-refractivity contribution in [3.05, 3.63) is 46.5 Å². The number of hydrogen-bond donors (Lipinski definition) is 2. The number of aromatic nitrogens is 1. The van der Waals surface area contributed by atoms with E-state index in [-0.39, 0.29) is 18.3 Å². The third-order valence-electron chi connectivity index (χ3n) is 2.12. The molecule has 2 aromatic rings. The zero-order valence-corrected chi connectivity index (χ0v) is 9.63. The van der Waals surface area contributed by atoms with E-state index in [0.29, 0.717) is 10.5 Å². The minimum Gasteiger partial charge on any atom is -0.325 e. The molecule has 1 aromatic heterocycles. The van der Waals surface area contributed by atoms with Crippen LogP contribution in [0, 0.1) is 11.2 Å². The Labute approximate surface area is 101 Å². The summed E-state index contributed by atoms with van der Waals surface area (Å²) in [6.07, 6.45) is 1.68. The van der Waals surface area contributed by atoms with E-state index < -0.39 is 0 Å². The second-order valence-corrected chi connectivity index (χ2v) is 4.29. The van der Waals surface area contributed by atoms with Crippen molar-refractivity contribution in [2.45, 2.75) is 6.54 Å². The molecule has 1 amide bonds. The summed E-state index contributed by atoms with van der Waals surface area (Å²) in [7, 11) is 0. The lowest BCUT2D eigenvalue weighted by Crippen LogP contribution is -2.23. The number of halogens is 1. The smallest absolute Gasteiger partial charge is 0.244 e. The standard InChI is InChI=1S/C11H10FN3OS/c12-8-1-3-9(4-2-8)14-10(16)7-15-5-6-17-11(15)13/h1-6,13H,7H2,(H,14,16). The van der Waals surface area contributed by atoms with Crippen molar-refractivity contribution in [3.8, 4) is 0 Å². The summed E-state index contributed by atoms with van der Waals surface area (Å²) in [5.74, 6) is -0.586. The first kappa shape index (κ1) is 11.5. The summed E-state index contributed by atoms with van der Waals surface area (Å²) in [5.41, 5.74) is 0.541. The van der Waals surface area contributed by atoms with E-state index >= 15 is 0 Å². The molecular weight excluding hydrogens is 241 g/mol. The topological polar surface area (TPSA) is 57.9 Å². The molecule has 0 atom stereocenters. The van der Waals surface area contributed by atoms with Crippen molar-refractivity contribution in [1.29, 1.82) is 5.41 Å². The lowest BCUT2D eigenvalue weighted by Gasteiger charge is -2.05. The number of carbonyl (C=O) groups is 1. The third-order valence-corrected chi connectivity index (χ3v) is 2.84. The van der Waals surface area contributed by atoms with Crippen LogP contribution in [0.2, 0.25) is 0 Å². The van der Waals surface area contributed by atoms with Gasteiger partial charge in [0.25, 0.3) is 0 Å². The van der Waals surface area contributed by atoms with Crippen LogP contribution in [-0.4, -0.2) is 10.5 Å². The van der Waals surface area contributed by atoms with Crippen LogP contribution in [0.15, 0.2) is 35.8 Å². The van der Waals surface area contributed by atoms with E-state index in [1.54, 1.807) is 11.6 Å². The first-order chi connectivity index (χ1) is 8.15. The largest absolute Gasteiger partial charge is 0.325 e. The van der Waals surface area contributed by atoms with Gasteiger partial charge in [0, 0.05) is 17.3 Å². The summed E-state index contributed by atoms with van der Waals surface area (Å²) in [4.78, 5) is 11.9. The molecule has 2 N–H and O–H groups in total. The summed E-state index contributed by atoms with van der Waals surface area (Å²) in [6, 6.07) is 5.55. The molecule has 2 rings (SSSR count). The van der Waals surface area contributed by atoms with E-state index in [2.05, 4.69) is 5.32 Å². The molecule has 6 heteroatoms. The van der Waals surface area contributed by atoms with Crippen molar-refractivity contribution >= 4 is 22.9 Å². The monoisotopic (exact) mass is 251 g/mol. The molecule has 0 fully saturated rings. The molecule has 0 unspecified atom stereocenters. The Morgan fingerprint density at radius 1 is 1.41 bits per heavy atom. The normalized spacial score (nSPS) is 10.2. The maximum atomic E-state index is 12.6. The molecule has 17 heavy (non-hydrogen) atoms. The van der Waals surface area contributed by atoms with E-state index in [0.717, 1.165) is 0 Å². The Morgan fingerprint density at radius 3 is 2.71 bits per heavy atom. The number of benzene rings is 1. The van der Waals surface area contributed by atoms with Gasteiger partial charge in [-0.15, -0.1) is 11.3 Å². The highest BCUT2D eigenvalue weighted by molar-refractivity contribution is 7.06. The zero-order chi connectivity index (χ0) is 12.3. The van der Waals surface area contributed by atoms with Crippen LogP contribution in [0.1, 0.15) is 0 Å². The molecular formula is C11H10FN3OS. The van der Waals surface area contributed by atoms with Crippen molar-refractivity contribution < 1.29 is 9.18 Å². The van der Waals surface area contributed by atoms with Crippen LogP contribution in [0.25, 0.3) is 0 Å². The fourth-order valence-corrected chi connectivity index (χ4v) is 1.91. The number of carbonyl (C=O) groups excluding carboxylic acids is 1. The van der Waals surface area contributed by atoms with Crippen LogP contribution < -0.4 is 10.1 Å². The van der Waals surface area contributed by atoms with Gasteiger partial charge in [-0.2, -0.15) is 0 Å². The van der Waals surface area contributed by atoms with E-state index in [4.69, 9.17) is 5.41 Å². The predicted octanol–water partition coefficient (Wildman–Crippen LogP) is 1.81. The SMILES string of the molecule is N=c1sccn1CC(=O)Nc1ccc(F)cc1. The fraction of sp³-hybridized carbons (Fsp3) is 0.0909. The zero-order valence-electron chi connectivity index (χ0n) is 8.81. The van der Waals surface area contributed by atoms with Crippen molar-refractivity contribution in [2.75, 3.05) is 5.32 Å². The Kier molecular flexibility index (Phi) is 3.34. The summed E-state index contributed by atoms with van der Waals surface area (Å²) >= 11 is 1.25. The number of rotatable bonds is 3. The quantitative estimate of drug-likeness (QED) is 0.858. The number of amides is 1. The van der Waals surface area contributed by atoms with Gasteiger partial charge in [0.05, 0.1) is 0 Å². The highest BCUT2D eigenvalue weighted by Crippen LogP contribution is 2.08. The second-order valence-electron chi connectivity index (χ2n) is 3.39. The van der Waals surface area contributed by atoms with Crippen LogP contribution in [-0.2, 0) is 11.3 Å². The van der Waals surface area contributed by atoms with Crippen LogP contribution in [0.5, 0.6) is 0 Å². The number of thiazole rings is 1. The fourth-order valence-electron chi connectivity index (χ4n) is 1.32. The van der Waals surface area contributed by atoms with E-state index in [1.807, 2.05) is 0 Å². The van der Waals surface area contributed by atoms with Crippen LogP contribution >= 0.6 is 11.3 Å². The maximum Gasteiger partial charge on any atom is 0.244 e. The molecule has 0 aliphatic carbocycles. The molecule has 0 saturated carbocycles. The molecule has 0 spiro atoms. The molecule has 0 radical (unpaired) electrons. The number of nitrogens with zero attached hydrogens (tertiary/aromatic N) is 1. The van der Waals surface area contributed by atoms with Crippen molar-refractivity contribution in [1.82, 2.24) is 4.57 Å². The predicted molar refractivity (Wildman–Crippen MR) is 63.2 cm³/mol. The van der Waals surface area contributed by atoms with Gasteiger partial charge in [-0.25, -0.2) is 4.39 Å². The molecule has 0 bridgehead atoms. The highest BCUT2D eigenvalue weighted by Gasteiger charge is 2.04. The minimum atomic E-state index is -0.344. The Bertz CT molecular complexity index is 573. The lowest BCUT2D eigenvalue weighted by molar-refractivity contribution is -0.116. The van der Waals surface area contributed by atoms with Gasteiger partial charge in [0.1, 0.15) is 12.4 Å². The number of nitrogens with one attached hydrogen (secondary N) is 2. The molecule has 4 nitrogen and oxygen atoms in total. The third kappa shape index (κ3) is 3.01. The van der Waals surface area contributed by atoms with Crippen LogP contribution in [0.3, 0.4) is 0 Å². The van der Waals surface area contributed by atoms with Gasteiger partial charge >= 0.3 is 0 Å². The van der Waals surface area contributed by atoms with Crippen LogP contribution in [0.4, 0.5) is 10.1 Å². The molecule has 88 valence electrons. The van der Waals surface area contributed by atoms with Crippen molar-refractivity contribution in [3.63, 3.8) is 0 Å². The van der Waals surface area contributed by atoms with Gasteiger partial charge in [-0.05, 0) is 24.3 Å². The maximum absolute atomic E-state index is 12.6. The first-order valence-electron chi connectivity index (χ1n) is 4.89. The summed E-state index contributed by atoms with van der Waals surface area (Å²) in [6.45, 7) is 0.0830. The van der Waals surface area contributed by atoms with E-state index in [9.17, 15) is 9.18 Å². The average Bonchev–Trinajstić information content (AvgIpc) is 2.68. The van der Waals surface area contributed by atoms with Gasteiger partial charge in [-0.3, -0.25) is 10.2 Å². The van der Waals surface area contributed by atoms with Gasteiger partial charge in [0.2, 0.25) is 5.91 Å². The number of hydrogen-bond acceptors (Lipinski definition) is 3. The molecule has 0 aliphatic rings. The van der Waals surface area contributed by atoms with E-state index in [1.165, 1.54) is 40.2 Å². The number of anilines is 1. The molecule has 0 aliphatic heterocycles. The highest BCUT2D eigenvalue weighted by atomic mass is 32.1. The van der Waals surface area contributed by atoms with Crippen molar-refractivity contribution in [2.24, 2.45) is 0 Å². The second kappa shape index (κ2) is 4.92. The minimum absolute atomic E-state index is 0.0830. The van der Waals surface area contributed by atoms with Gasteiger partial charge in [-0.1, -0.05) is 0 Å². The molecule has 1 heterocycles. The average molecular weight is 251 g/mol. The molecule has 0 saturated heterocycles. The first-order valence-corrected chi connectivity index (χ1v) is 5.77. The van der Waals surface area contributed by atoms with Gasteiger partial charge < -0.3 is 9.88 Å². The Hall–Kier alpha value is -1.95. The lowest BCUT2D eigenvalue weighted by atomic mass is 10.3. The molecule has 1 aromatic carbocycles. The summed E-state index contributed by atoms with van der Waals surface area (Å²) in [5, 5.41) is 11.9.